The molecule has 43 heteroatoms. The Balaban J connectivity index is 2.31. The van der Waals surface area contributed by atoms with Crippen molar-refractivity contribution in [2.45, 2.75) is 224 Å². The summed E-state index contributed by atoms with van der Waals surface area (Å²) >= 11 is 1.94. The van der Waals surface area contributed by atoms with Crippen LogP contribution < -0.4 is 115 Å². The summed E-state index contributed by atoms with van der Waals surface area (Å²) in [6.45, 7) is 9.25. The predicted octanol–water partition coefficient (Wildman–Crippen LogP) is -4.18. The van der Waals surface area contributed by atoms with Crippen molar-refractivity contribution in [1.82, 2.24) is 69.1 Å². The van der Waals surface area contributed by atoms with Crippen LogP contribution in [0.4, 0.5) is 0 Å². The molecule has 0 saturated carbocycles. The molecule has 2 aromatic carbocycles. The van der Waals surface area contributed by atoms with Crippen LogP contribution in [0.5, 0.6) is 5.75 Å². The van der Waals surface area contributed by atoms with Gasteiger partial charge in [-0.25, -0.2) is 4.79 Å². The largest absolute Gasteiger partial charge is 0.508 e. The van der Waals surface area contributed by atoms with Crippen molar-refractivity contribution in [3.8, 4) is 5.75 Å². The molecule has 0 aromatic heterocycles. The van der Waals surface area contributed by atoms with E-state index in [-0.39, 0.29) is 188 Å². The average Bonchev–Trinajstić information content (AvgIpc) is 0.849. The summed E-state index contributed by atoms with van der Waals surface area (Å²) in [6.07, 6.45) is 0.618. The van der Waals surface area contributed by atoms with E-state index in [0.29, 0.717) is 30.4 Å². The molecule has 122 heavy (non-hydrogen) atoms. The first-order chi connectivity index (χ1) is 57.9. The molecule has 1 aliphatic heterocycles. The van der Waals surface area contributed by atoms with E-state index in [1.807, 2.05) is 0 Å². The number of aliphatic imine (C=N–C) groups is 3. The van der Waals surface area contributed by atoms with Crippen LogP contribution in [0.1, 0.15) is 155 Å². The number of carboxylic acid groups (broad SMARTS) is 1. The van der Waals surface area contributed by atoms with Gasteiger partial charge >= 0.3 is 5.97 Å². The zero-order chi connectivity index (χ0) is 90.8. The number of guanidine groups is 3. The fourth-order valence-electron chi connectivity index (χ4n) is 12.4. The molecule has 0 spiro atoms. The summed E-state index contributed by atoms with van der Waals surface area (Å²) in [6, 6.07) is -1.71. The quantitative estimate of drug-likeness (QED) is 0.0173. The van der Waals surface area contributed by atoms with Gasteiger partial charge in [0.2, 0.25) is 76.8 Å². The first-order valence-corrected chi connectivity index (χ1v) is 43.4. The van der Waals surface area contributed by atoms with Gasteiger partial charge in [0.1, 0.15) is 72.2 Å². The number of phenolic OH excluding ortho intramolecular Hbond substituents is 1. The first kappa shape index (κ1) is 105. The number of unbranched alkanes of at least 4 members (excludes halogenated alkanes) is 2. The smallest absolute Gasteiger partial charge is 0.326 e. The van der Waals surface area contributed by atoms with Crippen LogP contribution in [0.25, 0.3) is 0 Å². The monoisotopic (exact) mass is 1750 g/mol. The van der Waals surface area contributed by atoms with Gasteiger partial charge in [-0.15, -0.1) is 0 Å². The second kappa shape index (κ2) is 58.0. The second-order valence-electron chi connectivity index (χ2n) is 30.5. The maximum atomic E-state index is 15.2. The van der Waals surface area contributed by atoms with Gasteiger partial charge in [0.25, 0.3) is 0 Å². The van der Waals surface area contributed by atoms with Gasteiger partial charge in [0, 0.05) is 50.4 Å². The molecule has 41 nitrogen and oxygen atoms in total. The number of amides is 13. The molecular formula is C79H130N24O17S2. The maximum Gasteiger partial charge on any atom is 0.326 e. The van der Waals surface area contributed by atoms with Gasteiger partial charge in [-0.3, -0.25) is 82.1 Å². The number of phenols is 1. The predicted molar refractivity (Wildman–Crippen MR) is 465 cm³/mol. The molecule has 1 aliphatic rings. The van der Waals surface area contributed by atoms with E-state index in [2.05, 4.69) is 84.1 Å². The number of hydrogen-bond acceptors (Lipinski definition) is 23. The number of rotatable bonds is 37. The molecule has 12 atom stereocenters. The number of carbonyl (C=O) groups excluding carboxylic acids is 14. The van der Waals surface area contributed by atoms with E-state index in [4.69, 9.17) is 45.9 Å². The normalized spacial score (nSPS) is 20.8. The minimum Gasteiger partial charge on any atom is -0.508 e. The molecule has 0 bridgehead atoms. The second-order valence-corrected chi connectivity index (χ2v) is 32.7. The lowest BCUT2D eigenvalue weighted by Gasteiger charge is -2.30. The SMILES string of the molecule is CC[C@H](C)[C@@H]1NC(=O)[C@H](CCCN=C(N)N)NC(=O)[C@H](CCCN=C(N)N)NC(=O)[C@H](CC(C)C)NC(=O)[C@H](Cc2ccccc2)NC(=O)CNC(=O)CNC(=O)[C@H](Cc2ccc(O)cc2)NC(=O)CCSCC(=O)CSC[C@@H](C(=O)N[C@@H](CCCCN)C(=O)N[C@@H](CC(C)C)C(=O)N[C@@H](CCCCN)C(=O)O)NC(=O)[C@H](CCCN=C(N)N)NC1=O. The number of ketones is 1. The van der Waals surface area contributed by atoms with Gasteiger partial charge in [0.15, 0.2) is 23.7 Å². The van der Waals surface area contributed by atoms with Crippen LogP contribution in [0, 0.1) is 17.8 Å². The number of nitrogens with two attached hydrogens (primary N) is 8. The number of aromatic hydroxyl groups is 1. The molecule has 0 aliphatic carbocycles. The molecule has 680 valence electrons. The highest BCUT2D eigenvalue weighted by molar-refractivity contribution is 8.01. The third-order valence-corrected chi connectivity index (χ3v) is 21.2. The molecule has 2 aromatic rings. The molecule has 31 N–H and O–H groups in total. The van der Waals surface area contributed by atoms with Crippen molar-refractivity contribution in [2.24, 2.45) is 78.6 Å². The Morgan fingerprint density at radius 2 is 0.943 bits per heavy atom. The lowest BCUT2D eigenvalue weighted by Crippen LogP contribution is -2.61. The van der Waals surface area contributed by atoms with Crippen molar-refractivity contribution in [3.63, 3.8) is 0 Å². The lowest BCUT2D eigenvalue weighted by molar-refractivity contribution is -0.142. The van der Waals surface area contributed by atoms with Gasteiger partial charge in [-0.2, -0.15) is 23.5 Å². The van der Waals surface area contributed by atoms with E-state index in [9.17, 15) is 63.0 Å². The number of carboxylic acids is 1. The van der Waals surface area contributed by atoms with Crippen molar-refractivity contribution in [2.75, 3.05) is 68.8 Å². The van der Waals surface area contributed by atoms with Crippen molar-refractivity contribution in [3.05, 3.63) is 65.7 Å². The topological polar surface area (TPSA) is 698 Å². The van der Waals surface area contributed by atoms with Crippen LogP contribution in [0.3, 0.4) is 0 Å². The number of nitrogens with one attached hydrogen (secondary N) is 13. The van der Waals surface area contributed by atoms with Crippen LogP contribution in [-0.2, 0) is 84.8 Å². The van der Waals surface area contributed by atoms with E-state index in [1.165, 1.54) is 24.3 Å². The van der Waals surface area contributed by atoms with E-state index < -0.39 is 174 Å². The highest BCUT2D eigenvalue weighted by Gasteiger charge is 2.38. The molecule has 13 amide bonds. The van der Waals surface area contributed by atoms with Crippen molar-refractivity contribution in [1.29, 1.82) is 0 Å². The average molecular weight is 1750 g/mol. The van der Waals surface area contributed by atoms with Gasteiger partial charge in [-0.1, -0.05) is 90.4 Å². The Morgan fingerprint density at radius 1 is 0.484 bits per heavy atom. The Kier molecular flexibility index (Phi) is 50.0. The van der Waals surface area contributed by atoms with E-state index >= 15 is 19.2 Å². The zero-order valence-corrected chi connectivity index (χ0v) is 72.2. The Labute approximate surface area is 720 Å². The maximum absolute atomic E-state index is 15.2. The highest BCUT2D eigenvalue weighted by atomic mass is 32.2. The number of aliphatic carboxylic acids is 1. The summed E-state index contributed by atoms with van der Waals surface area (Å²) in [5.74, 6) is -16.2. The Morgan fingerprint density at radius 3 is 1.47 bits per heavy atom. The summed E-state index contributed by atoms with van der Waals surface area (Å²) in [4.78, 5) is 226. The third kappa shape index (κ3) is 43.4. The molecule has 1 fully saturated rings. The number of benzene rings is 2. The molecule has 3 rings (SSSR count). The first-order valence-electron chi connectivity index (χ1n) is 41.1. The van der Waals surface area contributed by atoms with Gasteiger partial charge in [-0.05, 0) is 144 Å². The fourth-order valence-corrected chi connectivity index (χ4v) is 14.3. The summed E-state index contributed by atoms with van der Waals surface area (Å²) < 4.78 is 0. The van der Waals surface area contributed by atoms with Gasteiger partial charge < -0.3 is 125 Å². The summed E-state index contributed by atoms with van der Waals surface area (Å²) in [5.41, 5.74) is 46.6. The summed E-state index contributed by atoms with van der Waals surface area (Å²) in [7, 11) is 0. The highest BCUT2D eigenvalue weighted by Crippen LogP contribution is 2.19. The molecule has 0 radical (unpaired) electrons. The van der Waals surface area contributed by atoms with Crippen LogP contribution in [0.15, 0.2) is 69.6 Å². The molecule has 1 heterocycles. The Bertz CT molecular complexity index is 3810. The number of nitrogens with zero attached hydrogens (tertiary/aromatic N) is 3. The Hall–Kier alpha value is -11.1. The number of thioether (sulfide) groups is 2. The molecular weight excluding hydrogens is 1620 g/mol. The lowest BCUT2D eigenvalue weighted by atomic mass is 9.96. The van der Waals surface area contributed by atoms with E-state index in [0.717, 1.165) is 23.5 Å². The van der Waals surface area contributed by atoms with Crippen LogP contribution in [0.2, 0.25) is 0 Å². The molecule has 0 unspecified atom stereocenters. The van der Waals surface area contributed by atoms with Crippen molar-refractivity contribution >= 4 is 130 Å². The number of Topliss-reactive ketones (excluding diaryl/α,β-unsaturated/α-hetero) is 1. The number of hydrogen-bond donors (Lipinski definition) is 23. The van der Waals surface area contributed by atoms with E-state index in [1.54, 1.807) is 71.9 Å². The summed E-state index contributed by atoms with van der Waals surface area (Å²) in [5, 5.41) is 54.5. The van der Waals surface area contributed by atoms with Crippen LogP contribution >= 0.6 is 23.5 Å². The van der Waals surface area contributed by atoms with Gasteiger partial charge in [0.05, 0.1) is 24.6 Å². The molecule has 1 saturated heterocycles. The minimum atomic E-state index is -1.64. The zero-order valence-electron chi connectivity index (χ0n) is 70.6. The third-order valence-electron chi connectivity index (χ3n) is 19.1. The standard InChI is InChI=1S/C79H130N24O17S2/c1-7-47(6)65-75(118)98-54(23-16-33-89-78(84)85)69(112)102-61(74(117)97-52(20-11-13-30-80)68(111)100-58(37-46(4)5)72(115)99-56(76(119)120)21-12-14-31-81)44-122-43-51(105)42-121-35-29-62(106)93-59(39-49-25-27-50(104)28-26-49)66(109)92-40-63(107)91-41-64(108)94-60(38-48-18-9-8-10-19-48)73(116)101-57(36-45(2)3)71(114)96-53(22-15-32-88-77(82)83)67(110)95-55(70(113)103-65)24-17-34-90-79(86)87/h8-10,18-19,25-28,45-47,52-61,65,104H,7,11-17,20-24,29-44,80-81H2,1-6H3,(H,91,107)(H,92,109)(H,93,106)(H,94,108)(H,95,110)(H,96,114)(H,97,117)(H,98,118)(H,99,115)(H,100,111)(H,101,116)(H,102,112)(H,103,113)(H,119,120)(H4,82,83,88)(H4,84,85,89)(H4,86,87,90)/t47-,52-,53-,54-,55-,56-,57-,58-,59-,60-,61-,65-/m0/s1. The fraction of sp³-hybridized carbons (Fsp3) is 0.620. The minimum absolute atomic E-state index is 0.00638. The van der Waals surface area contributed by atoms with Crippen molar-refractivity contribution < 1.29 is 82.1 Å². The number of carbonyl (C=O) groups is 15. The van der Waals surface area contributed by atoms with Crippen LogP contribution in [-0.4, -0.2) is 252 Å².